The summed E-state index contributed by atoms with van der Waals surface area (Å²) in [6, 6.07) is 6.15. The van der Waals surface area contributed by atoms with Crippen molar-refractivity contribution in [2.75, 3.05) is 0 Å². The summed E-state index contributed by atoms with van der Waals surface area (Å²) in [4.78, 5) is 0. The van der Waals surface area contributed by atoms with Crippen molar-refractivity contribution in [3.8, 4) is 11.5 Å². The Labute approximate surface area is 71.2 Å². The van der Waals surface area contributed by atoms with Crippen LogP contribution in [0.15, 0.2) is 24.3 Å². The first-order valence-corrected chi connectivity index (χ1v) is 4.14. The smallest absolute Gasteiger partial charge is 0.198 e. The molecule has 0 aliphatic heterocycles. The second kappa shape index (κ2) is 5.39. The third kappa shape index (κ3) is 5.51. The van der Waals surface area contributed by atoms with Crippen LogP contribution in [0.3, 0.4) is 0 Å². The van der Waals surface area contributed by atoms with Gasteiger partial charge in [0, 0.05) is 0 Å². The number of phenols is 2. The average molecular weight is 191 g/mol. The summed E-state index contributed by atoms with van der Waals surface area (Å²) in [5.74, 6) is -0.153. The maximum Gasteiger partial charge on any atom is 0.198 e. The van der Waals surface area contributed by atoms with Gasteiger partial charge in [0.1, 0.15) is 0 Å². The molecule has 0 saturated carbocycles. The molecule has 0 bridgehead atoms. The van der Waals surface area contributed by atoms with Gasteiger partial charge in [-0.25, -0.2) is 13.6 Å². The molecule has 68 valence electrons. The quantitative estimate of drug-likeness (QED) is 0.330. The Morgan fingerprint density at radius 2 is 1.33 bits per heavy atom. The highest BCUT2D eigenvalue weighted by Crippen LogP contribution is 2.21. The zero-order valence-corrected chi connectivity index (χ0v) is 6.94. The molecule has 4 N–H and O–H groups in total. The van der Waals surface area contributed by atoms with Crippen molar-refractivity contribution in [2.24, 2.45) is 5.14 Å². The lowest BCUT2D eigenvalue weighted by atomic mass is 10.3. The fourth-order valence-electron chi connectivity index (χ4n) is 0.464. The van der Waals surface area contributed by atoms with Crippen molar-refractivity contribution in [2.45, 2.75) is 0 Å². The van der Waals surface area contributed by atoms with Gasteiger partial charge in [0.05, 0.1) is 0 Å². The number of hydrogen-bond donors (Lipinski definition) is 4. The molecule has 1 rings (SSSR count). The summed E-state index contributed by atoms with van der Waals surface area (Å²) in [6.45, 7) is 0. The molecule has 12 heavy (non-hydrogen) atoms. The summed E-state index contributed by atoms with van der Waals surface area (Å²) in [7, 11) is -2.62. The minimum absolute atomic E-state index is 0.0764. The highest BCUT2D eigenvalue weighted by Gasteiger charge is 1.90. The van der Waals surface area contributed by atoms with Gasteiger partial charge >= 0.3 is 0 Å². The molecule has 0 radical (unpaired) electrons. The van der Waals surface area contributed by atoms with E-state index in [9.17, 15) is 0 Å². The summed E-state index contributed by atoms with van der Waals surface area (Å²) in [5, 5.41) is 21.4. The van der Waals surface area contributed by atoms with Crippen LogP contribution in [0.25, 0.3) is 0 Å². The van der Waals surface area contributed by atoms with Gasteiger partial charge in [-0.15, -0.1) is 0 Å². The highest BCUT2D eigenvalue weighted by molar-refractivity contribution is 7.69. The van der Waals surface area contributed by atoms with Crippen LogP contribution >= 0.6 is 0 Å². The summed E-state index contributed by atoms with van der Waals surface area (Å²) in [6.07, 6.45) is 0. The number of para-hydroxylation sites is 2. The lowest BCUT2D eigenvalue weighted by Crippen LogP contribution is -1.85. The van der Waals surface area contributed by atoms with Gasteiger partial charge in [0.2, 0.25) is 0 Å². The monoisotopic (exact) mass is 191 g/mol. The van der Waals surface area contributed by atoms with E-state index in [1.807, 2.05) is 0 Å². The molecule has 0 spiro atoms. The van der Waals surface area contributed by atoms with E-state index < -0.39 is 10.9 Å². The minimum Gasteiger partial charge on any atom is -0.504 e. The Bertz CT molecular complexity index is 281. The number of nitrogens with two attached hydrogens (primary N) is 1. The second-order valence-corrected chi connectivity index (χ2v) is 2.34. The van der Waals surface area contributed by atoms with Crippen LogP contribution in [-0.4, -0.2) is 18.6 Å². The molecular formula is C6H9NO4S. The second-order valence-electron chi connectivity index (χ2n) is 1.77. The number of hydrogen-bond acceptors (Lipinski definition) is 4. The molecular weight excluding hydrogens is 182 g/mol. The zero-order chi connectivity index (χ0) is 9.56. The van der Waals surface area contributed by atoms with Crippen LogP contribution in [-0.2, 0) is 10.9 Å². The SMILES string of the molecule is N[SH](=O)=O.Oc1ccccc1O. The maximum absolute atomic E-state index is 8.81. The van der Waals surface area contributed by atoms with E-state index in [0.29, 0.717) is 0 Å². The molecule has 0 aromatic heterocycles. The number of benzene rings is 1. The Morgan fingerprint density at radius 3 is 1.50 bits per heavy atom. The van der Waals surface area contributed by atoms with E-state index in [0.717, 1.165) is 0 Å². The van der Waals surface area contributed by atoms with Gasteiger partial charge in [-0.2, -0.15) is 0 Å². The van der Waals surface area contributed by atoms with E-state index in [1.165, 1.54) is 12.1 Å². The summed E-state index contributed by atoms with van der Waals surface area (Å²) in [5.41, 5.74) is 0. The first-order chi connectivity index (χ1) is 5.54. The van der Waals surface area contributed by atoms with Gasteiger partial charge in [0.15, 0.2) is 22.4 Å². The molecule has 0 aliphatic carbocycles. The maximum atomic E-state index is 8.81. The van der Waals surface area contributed by atoms with Crippen molar-refractivity contribution in [1.29, 1.82) is 0 Å². The first kappa shape index (κ1) is 10.7. The van der Waals surface area contributed by atoms with Gasteiger partial charge in [-0.3, -0.25) is 0 Å². The van der Waals surface area contributed by atoms with Crippen LogP contribution in [0.5, 0.6) is 11.5 Å². The highest BCUT2D eigenvalue weighted by atomic mass is 32.2. The molecule has 0 unspecified atom stereocenters. The number of aromatic hydroxyl groups is 2. The van der Waals surface area contributed by atoms with Gasteiger partial charge in [-0.05, 0) is 12.1 Å². The Morgan fingerprint density at radius 1 is 1.08 bits per heavy atom. The van der Waals surface area contributed by atoms with Crippen LogP contribution in [0.4, 0.5) is 0 Å². The molecule has 5 nitrogen and oxygen atoms in total. The van der Waals surface area contributed by atoms with Gasteiger partial charge < -0.3 is 10.2 Å². The number of thiol groups is 1. The fourth-order valence-corrected chi connectivity index (χ4v) is 0.464. The topological polar surface area (TPSA) is 101 Å². The predicted molar refractivity (Wildman–Crippen MR) is 44.3 cm³/mol. The molecule has 0 saturated heterocycles. The normalized spacial score (nSPS) is 8.83. The van der Waals surface area contributed by atoms with Crippen LogP contribution in [0.2, 0.25) is 0 Å². The number of phenolic OH excluding ortho intramolecular Hbond substituents is 2. The molecule has 0 fully saturated rings. The minimum atomic E-state index is -2.62. The van der Waals surface area contributed by atoms with Crippen molar-refractivity contribution in [3.63, 3.8) is 0 Å². The van der Waals surface area contributed by atoms with Crippen molar-refractivity contribution >= 4 is 10.9 Å². The van der Waals surface area contributed by atoms with Crippen LogP contribution < -0.4 is 5.14 Å². The third-order valence-corrected chi connectivity index (χ3v) is 0.882. The van der Waals surface area contributed by atoms with Gasteiger partial charge in [-0.1, -0.05) is 12.1 Å². The molecule has 0 amide bonds. The summed E-state index contributed by atoms with van der Waals surface area (Å²) < 4.78 is 17.6. The molecule has 0 aliphatic rings. The van der Waals surface area contributed by atoms with Gasteiger partial charge in [0.25, 0.3) is 0 Å². The van der Waals surface area contributed by atoms with Crippen molar-refractivity contribution in [1.82, 2.24) is 0 Å². The standard InChI is InChI=1S/C6H6O2.H3NO2S/c7-5-3-1-2-4-6(5)8;1-4(2)3/h1-4,7-8H;4H,(H2,1,2,3). The van der Waals surface area contributed by atoms with Crippen molar-refractivity contribution in [3.05, 3.63) is 24.3 Å². The first-order valence-electron chi connectivity index (χ1n) is 2.90. The summed E-state index contributed by atoms with van der Waals surface area (Å²) >= 11 is 0. The van der Waals surface area contributed by atoms with E-state index in [2.05, 4.69) is 5.14 Å². The van der Waals surface area contributed by atoms with E-state index >= 15 is 0 Å². The average Bonchev–Trinajstić information content (AvgIpc) is 1.94. The zero-order valence-electron chi connectivity index (χ0n) is 6.04. The fraction of sp³-hybridized carbons (Fsp3) is 0. The van der Waals surface area contributed by atoms with E-state index in [4.69, 9.17) is 18.6 Å². The van der Waals surface area contributed by atoms with E-state index in [1.54, 1.807) is 12.1 Å². The predicted octanol–water partition coefficient (Wildman–Crippen LogP) is -0.431. The molecule has 0 atom stereocenters. The molecule has 6 heteroatoms. The Kier molecular flexibility index (Phi) is 4.82. The van der Waals surface area contributed by atoms with E-state index in [-0.39, 0.29) is 11.5 Å². The molecule has 0 heterocycles. The van der Waals surface area contributed by atoms with Crippen molar-refractivity contribution < 1.29 is 18.6 Å². The lowest BCUT2D eigenvalue weighted by Gasteiger charge is -1.91. The van der Waals surface area contributed by atoms with Crippen LogP contribution in [0, 0.1) is 0 Å². The van der Waals surface area contributed by atoms with Crippen LogP contribution in [0.1, 0.15) is 0 Å². The Balaban J connectivity index is 0.000000261. The lowest BCUT2D eigenvalue weighted by molar-refractivity contribution is 0.404. The Hall–Kier alpha value is -1.27. The third-order valence-electron chi connectivity index (χ3n) is 0.882. The molecule has 1 aromatic rings. The largest absolute Gasteiger partial charge is 0.504 e. The molecule has 1 aromatic carbocycles. The number of rotatable bonds is 0.